The van der Waals surface area contributed by atoms with E-state index in [4.69, 9.17) is 18.0 Å². The van der Waals surface area contributed by atoms with Crippen LogP contribution in [0.3, 0.4) is 0 Å². The van der Waals surface area contributed by atoms with Crippen molar-refractivity contribution in [3.05, 3.63) is 65.0 Å². The fourth-order valence-corrected chi connectivity index (χ4v) is 3.48. The summed E-state index contributed by atoms with van der Waals surface area (Å²) < 4.78 is 1.33. The molecule has 0 unspecified atom stereocenters. The average Bonchev–Trinajstić information content (AvgIpc) is 2.91. The van der Waals surface area contributed by atoms with Crippen LogP contribution in [-0.2, 0) is 6.54 Å². The van der Waals surface area contributed by atoms with Crippen LogP contribution in [0.1, 0.15) is 11.1 Å². The monoisotopic (exact) mass is 312 g/mol. The second-order valence-electron chi connectivity index (χ2n) is 5.03. The molecule has 4 heteroatoms. The fraction of sp³-hybridized carbons (Fsp3) is 0.118. The van der Waals surface area contributed by atoms with Crippen LogP contribution in [0.25, 0.3) is 10.1 Å². The largest absolute Gasteiger partial charge is 0.389 e. The van der Waals surface area contributed by atoms with Crippen molar-refractivity contribution in [1.82, 2.24) is 0 Å². The lowest BCUT2D eigenvalue weighted by molar-refractivity contribution is 0.933. The smallest absolute Gasteiger partial charge is 0.104 e. The molecule has 1 heterocycles. The van der Waals surface area contributed by atoms with Gasteiger partial charge >= 0.3 is 0 Å². The normalized spacial score (nSPS) is 10.7. The molecule has 0 atom stereocenters. The van der Waals surface area contributed by atoms with Gasteiger partial charge < -0.3 is 10.6 Å². The fourth-order valence-electron chi connectivity index (χ4n) is 2.40. The summed E-state index contributed by atoms with van der Waals surface area (Å²) in [5.41, 5.74) is 9.08. The highest BCUT2D eigenvalue weighted by molar-refractivity contribution is 7.80. The Morgan fingerprint density at radius 1 is 1.19 bits per heavy atom. The van der Waals surface area contributed by atoms with Crippen molar-refractivity contribution < 1.29 is 0 Å². The topological polar surface area (TPSA) is 29.3 Å². The Bertz CT molecular complexity index is 792. The van der Waals surface area contributed by atoms with Gasteiger partial charge in [0.2, 0.25) is 0 Å². The van der Waals surface area contributed by atoms with Gasteiger partial charge in [0.25, 0.3) is 0 Å². The summed E-state index contributed by atoms with van der Waals surface area (Å²) in [5.74, 6) is 0. The van der Waals surface area contributed by atoms with Gasteiger partial charge in [0, 0.05) is 29.5 Å². The summed E-state index contributed by atoms with van der Waals surface area (Å²) >= 11 is 6.84. The number of benzene rings is 2. The van der Waals surface area contributed by atoms with Crippen LogP contribution >= 0.6 is 23.6 Å². The minimum absolute atomic E-state index is 0.436. The first-order valence-electron chi connectivity index (χ1n) is 6.71. The van der Waals surface area contributed by atoms with E-state index >= 15 is 0 Å². The highest BCUT2D eigenvalue weighted by Crippen LogP contribution is 2.27. The third-order valence-electron chi connectivity index (χ3n) is 3.54. The lowest BCUT2D eigenvalue weighted by Gasteiger charge is -2.19. The number of rotatable bonds is 4. The van der Waals surface area contributed by atoms with E-state index in [0.29, 0.717) is 4.99 Å². The number of thiophene rings is 1. The standard InChI is InChI=1S/C17H16N2S2/c1-19(14-6-4-5-12(9-14)17(18)20)10-13-11-21-16-8-3-2-7-15(13)16/h2-9,11H,10H2,1H3,(H2,18,20). The first kappa shape index (κ1) is 14.0. The van der Waals surface area contributed by atoms with E-state index in [1.165, 1.54) is 15.6 Å². The van der Waals surface area contributed by atoms with E-state index in [9.17, 15) is 0 Å². The van der Waals surface area contributed by atoms with Crippen LogP contribution in [-0.4, -0.2) is 12.0 Å². The maximum Gasteiger partial charge on any atom is 0.104 e. The van der Waals surface area contributed by atoms with Gasteiger partial charge in [0.1, 0.15) is 4.99 Å². The predicted molar refractivity (Wildman–Crippen MR) is 96.3 cm³/mol. The van der Waals surface area contributed by atoms with Gasteiger partial charge in [-0.25, -0.2) is 0 Å². The number of hydrogen-bond acceptors (Lipinski definition) is 3. The first-order chi connectivity index (χ1) is 10.1. The number of nitrogens with zero attached hydrogens (tertiary/aromatic N) is 1. The minimum Gasteiger partial charge on any atom is -0.389 e. The molecule has 0 spiro atoms. The summed E-state index contributed by atoms with van der Waals surface area (Å²) in [6.07, 6.45) is 0. The second kappa shape index (κ2) is 5.84. The van der Waals surface area contributed by atoms with E-state index in [1.54, 1.807) is 11.3 Å². The lowest BCUT2D eigenvalue weighted by atomic mass is 10.1. The van der Waals surface area contributed by atoms with Crippen LogP contribution in [0.15, 0.2) is 53.9 Å². The molecular weight excluding hydrogens is 296 g/mol. The van der Waals surface area contributed by atoms with Crippen molar-refractivity contribution in [1.29, 1.82) is 0 Å². The molecule has 3 aromatic rings. The third-order valence-corrected chi connectivity index (χ3v) is 4.79. The zero-order valence-corrected chi connectivity index (χ0v) is 13.4. The summed E-state index contributed by atoms with van der Waals surface area (Å²) in [6, 6.07) is 16.6. The molecule has 0 fully saturated rings. The summed E-state index contributed by atoms with van der Waals surface area (Å²) in [7, 11) is 2.09. The van der Waals surface area contributed by atoms with Gasteiger partial charge in [0.15, 0.2) is 0 Å². The molecule has 2 N–H and O–H groups in total. The van der Waals surface area contributed by atoms with Crippen molar-refractivity contribution >= 4 is 44.3 Å². The van der Waals surface area contributed by atoms with Crippen LogP contribution in [0.2, 0.25) is 0 Å². The molecule has 2 nitrogen and oxygen atoms in total. The van der Waals surface area contributed by atoms with Crippen LogP contribution in [0.4, 0.5) is 5.69 Å². The Morgan fingerprint density at radius 3 is 2.81 bits per heavy atom. The number of anilines is 1. The molecule has 106 valence electrons. The molecule has 0 amide bonds. The Kier molecular flexibility index (Phi) is 3.90. The molecular formula is C17H16N2S2. The van der Waals surface area contributed by atoms with Gasteiger partial charge in [-0.1, -0.05) is 42.5 Å². The predicted octanol–water partition coefficient (Wildman–Crippen LogP) is 4.17. The average molecular weight is 312 g/mol. The molecule has 0 aliphatic heterocycles. The van der Waals surface area contributed by atoms with E-state index in [-0.39, 0.29) is 0 Å². The van der Waals surface area contributed by atoms with Crippen LogP contribution in [0, 0.1) is 0 Å². The summed E-state index contributed by atoms with van der Waals surface area (Å²) in [6.45, 7) is 0.866. The van der Waals surface area contributed by atoms with Crippen molar-refractivity contribution in [2.45, 2.75) is 6.54 Å². The molecule has 21 heavy (non-hydrogen) atoms. The van der Waals surface area contributed by atoms with E-state index < -0.39 is 0 Å². The van der Waals surface area contributed by atoms with Crippen LogP contribution in [0.5, 0.6) is 0 Å². The number of fused-ring (bicyclic) bond motifs is 1. The highest BCUT2D eigenvalue weighted by atomic mass is 32.1. The quantitative estimate of drug-likeness (QED) is 0.733. The Morgan fingerprint density at radius 2 is 2.00 bits per heavy atom. The Hall–Kier alpha value is -1.91. The third kappa shape index (κ3) is 2.91. The lowest BCUT2D eigenvalue weighted by Crippen LogP contribution is -2.17. The summed E-state index contributed by atoms with van der Waals surface area (Å²) in [4.78, 5) is 2.65. The molecule has 0 aliphatic rings. The Balaban J connectivity index is 1.87. The van der Waals surface area contributed by atoms with Crippen molar-refractivity contribution in [3.8, 4) is 0 Å². The van der Waals surface area contributed by atoms with Gasteiger partial charge in [-0.15, -0.1) is 11.3 Å². The van der Waals surface area contributed by atoms with E-state index in [1.807, 2.05) is 18.2 Å². The Labute approximate surface area is 133 Å². The maximum absolute atomic E-state index is 5.71. The molecule has 0 bridgehead atoms. The second-order valence-corrected chi connectivity index (χ2v) is 6.38. The van der Waals surface area contributed by atoms with Crippen molar-refractivity contribution in [2.24, 2.45) is 5.73 Å². The molecule has 0 radical (unpaired) electrons. The minimum atomic E-state index is 0.436. The summed E-state index contributed by atoms with van der Waals surface area (Å²) in [5, 5.41) is 3.57. The molecule has 0 saturated heterocycles. The van der Waals surface area contributed by atoms with Crippen LogP contribution < -0.4 is 10.6 Å². The van der Waals surface area contributed by atoms with E-state index in [0.717, 1.165) is 17.8 Å². The molecule has 3 rings (SSSR count). The molecule has 1 aromatic heterocycles. The molecule has 2 aromatic carbocycles. The van der Waals surface area contributed by atoms with Gasteiger partial charge in [-0.05, 0) is 34.5 Å². The van der Waals surface area contributed by atoms with Crippen molar-refractivity contribution in [3.63, 3.8) is 0 Å². The first-order valence-corrected chi connectivity index (χ1v) is 8.00. The van der Waals surface area contributed by atoms with Gasteiger partial charge in [0.05, 0.1) is 0 Å². The number of thiocarbonyl (C=S) groups is 1. The van der Waals surface area contributed by atoms with Crippen molar-refractivity contribution in [2.75, 3.05) is 11.9 Å². The maximum atomic E-state index is 5.71. The highest BCUT2D eigenvalue weighted by Gasteiger charge is 2.08. The molecule has 0 aliphatic carbocycles. The zero-order valence-electron chi connectivity index (χ0n) is 11.7. The van der Waals surface area contributed by atoms with Gasteiger partial charge in [-0.3, -0.25) is 0 Å². The zero-order chi connectivity index (χ0) is 14.8. The van der Waals surface area contributed by atoms with Gasteiger partial charge in [-0.2, -0.15) is 0 Å². The number of hydrogen-bond donors (Lipinski definition) is 1. The number of nitrogens with two attached hydrogens (primary N) is 1. The van der Waals surface area contributed by atoms with E-state index in [2.05, 4.69) is 47.7 Å². The SMILES string of the molecule is CN(Cc1csc2ccccc12)c1cccc(C(N)=S)c1. The molecule has 0 saturated carbocycles.